The van der Waals surface area contributed by atoms with Gasteiger partial charge in [-0.2, -0.15) is 13.2 Å². The van der Waals surface area contributed by atoms with E-state index in [0.717, 1.165) is 5.01 Å². The van der Waals surface area contributed by atoms with Crippen LogP contribution >= 0.6 is 35.3 Å². The predicted molar refractivity (Wildman–Crippen MR) is 124 cm³/mol. The van der Waals surface area contributed by atoms with Gasteiger partial charge in [0.1, 0.15) is 9.88 Å². The molecule has 0 aliphatic heterocycles. The van der Waals surface area contributed by atoms with Crippen LogP contribution in [0.1, 0.15) is 53.6 Å². The van der Waals surface area contributed by atoms with E-state index in [1.807, 2.05) is 13.8 Å². The first-order valence-corrected chi connectivity index (χ1v) is 10.3. The van der Waals surface area contributed by atoms with Crippen molar-refractivity contribution in [3.05, 3.63) is 15.6 Å². The van der Waals surface area contributed by atoms with E-state index >= 15 is 0 Å². The van der Waals surface area contributed by atoms with Gasteiger partial charge in [-0.25, -0.2) is 9.78 Å². The zero-order valence-electron chi connectivity index (χ0n) is 17.9. The van der Waals surface area contributed by atoms with Gasteiger partial charge >= 0.3 is 12.1 Å². The van der Waals surface area contributed by atoms with Crippen LogP contribution in [0, 0.1) is 6.92 Å². The molecule has 0 aromatic carbocycles. The summed E-state index contributed by atoms with van der Waals surface area (Å²) in [6.45, 7) is 8.02. The Labute approximate surface area is 196 Å². The van der Waals surface area contributed by atoms with Crippen LogP contribution in [-0.2, 0) is 4.74 Å². The first-order chi connectivity index (χ1) is 13.6. The zero-order chi connectivity index (χ0) is 22.0. The second-order valence-electron chi connectivity index (χ2n) is 6.52. The average molecular weight is 565 g/mol. The smallest absolute Gasteiger partial charge is 0.401 e. The number of hydrogen-bond donors (Lipinski definition) is 2. The Morgan fingerprint density at radius 2 is 2.03 bits per heavy atom. The lowest BCUT2D eigenvalue weighted by atomic mass is 10.3. The van der Waals surface area contributed by atoms with E-state index in [0.29, 0.717) is 49.2 Å². The molecule has 1 rings (SSSR count). The highest BCUT2D eigenvalue weighted by molar-refractivity contribution is 14.0. The summed E-state index contributed by atoms with van der Waals surface area (Å²) in [6.07, 6.45) is -3.70. The van der Waals surface area contributed by atoms with Crippen molar-refractivity contribution in [1.82, 2.24) is 20.5 Å². The first-order valence-electron chi connectivity index (χ1n) is 9.51. The van der Waals surface area contributed by atoms with E-state index in [1.165, 1.54) is 23.3 Å². The monoisotopic (exact) mass is 565 g/mol. The van der Waals surface area contributed by atoms with Crippen LogP contribution in [0.2, 0.25) is 0 Å². The molecular formula is C18H31F3IN5O2S. The Hall–Kier alpha value is -1.15. The summed E-state index contributed by atoms with van der Waals surface area (Å²) < 4.78 is 42.1. The molecule has 0 spiro atoms. The number of rotatable bonds is 10. The van der Waals surface area contributed by atoms with Gasteiger partial charge < -0.3 is 15.4 Å². The number of aliphatic imine (C=N–C) groups is 1. The normalized spacial score (nSPS) is 13.0. The Bertz CT molecular complexity index is 685. The van der Waals surface area contributed by atoms with Crippen LogP contribution in [0.5, 0.6) is 0 Å². The summed E-state index contributed by atoms with van der Waals surface area (Å²) in [5.41, 5.74) is 0.617. The molecule has 0 fully saturated rings. The van der Waals surface area contributed by atoms with E-state index in [4.69, 9.17) is 4.74 Å². The number of carbonyl (C=O) groups is 1. The molecule has 1 aromatic heterocycles. The Balaban J connectivity index is 0.00000841. The minimum Gasteiger partial charge on any atom is -0.462 e. The van der Waals surface area contributed by atoms with Crippen LogP contribution in [0.25, 0.3) is 0 Å². The van der Waals surface area contributed by atoms with Gasteiger partial charge in [0, 0.05) is 13.1 Å². The molecule has 0 aliphatic rings. The van der Waals surface area contributed by atoms with Gasteiger partial charge in [0.15, 0.2) is 5.96 Å². The number of carbonyl (C=O) groups excluding carboxylic acids is 1. The van der Waals surface area contributed by atoms with Crippen molar-refractivity contribution in [3.63, 3.8) is 0 Å². The molecule has 174 valence electrons. The molecule has 0 bridgehead atoms. The van der Waals surface area contributed by atoms with Crippen molar-refractivity contribution < 1.29 is 22.7 Å². The zero-order valence-corrected chi connectivity index (χ0v) is 21.1. The molecule has 2 N–H and O–H groups in total. The van der Waals surface area contributed by atoms with Crippen LogP contribution in [-0.4, -0.2) is 67.8 Å². The van der Waals surface area contributed by atoms with Crippen molar-refractivity contribution in [1.29, 1.82) is 0 Å². The fourth-order valence-corrected chi connectivity index (χ4v) is 3.45. The number of guanidine groups is 1. The van der Waals surface area contributed by atoms with Gasteiger partial charge in [-0.3, -0.25) is 9.89 Å². The Morgan fingerprint density at radius 1 is 1.37 bits per heavy atom. The van der Waals surface area contributed by atoms with E-state index in [2.05, 4.69) is 20.6 Å². The molecule has 0 radical (unpaired) electrons. The van der Waals surface area contributed by atoms with Crippen molar-refractivity contribution in [2.45, 2.75) is 46.3 Å². The van der Waals surface area contributed by atoms with Crippen LogP contribution in [0.15, 0.2) is 4.99 Å². The number of aryl methyl sites for hydroxylation is 1. The second-order valence-corrected chi connectivity index (χ2v) is 7.55. The Morgan fingerprint density at radius 3 is 2.60 bits per heavy atom. The highest BCUT2D eigenvalue weighted by atomic mass is 127. The summed E-state index contributed by atoms with van der Waals surface area (Å²) in [4.78, 5) is 22.5. The number of thiazole rings is 1. The highest BCUT2D eigenvalue weighted by Gasteiger charge is 2.28. The molecule has 1 heterocycles. The van der Waals surface area contributed by atoms with Crippen molar-refractivity contribution in [3.8, 4) is 0 Å². The fourth-order valence-electron chi connectivity index (χ4n) is 2.49. The van der Waals surface area contributed by atoms with Crippen LogP contribution < -0.4 is 10.6 Å². The number of aromatic nitrogens is 1. The maximum absolute atomic E-state index is 12.3. The fraction of sp³-hybridized carbons (Fsp3) is 0.722. The van der Waals surface area contributed by atoms with E-state index in [-0.39, 0.29) is 36.0 Å². The number of esters is 1. The lowest BCUT2D eigenvalue weighted by Crippen LogP contribution is -2.39. The van der Waals surface area contributed by atoms with Crippen molar-refractivity contribution >= 4 is 47.2 Å². The predicted octanol–water partition coefficient (Wildman–Crippen LogP) is 3.75. The quantitative estimate of drug-likeness (QED) is 0.148. The highest BCUT2D eigenvalue weighted by Crippen LogP contribution is 2.24. The largest absolute Gasteiger partial charge is 0.462 e. The summed E-state index contributed by atoms with van der Waals surface area (Å²) >= 11 is 1.27. The Kier molecular flexibility index (Phi) is 13.5. The number of ether oxygens (including phenoxy) is 1. The van der Waals surface area contributed by atoms with E-state index < -0.39 is 12.7 Å². The molecule has 0 saturated heterocycles. The van der Waals surface area contributed by atoms with Gasteiger partial charge in [-0.05, 0) is 47.7 Å². The molecule has 0 amide bonds. The molecule has 7 nitrogen and oxygen atoms in total. The van der Waals surface area contributed by atoms with Crippen LogP contribution in [0.4, 0.5) is 13.2 Å². The molecule has 1 aromatic rings. The molecule has 30 heavy (non-hydrogen) atoms. The topological polar surface area (TPSA) is 78.9 Å². The third-order valence-electron chi connectivity index (χ3n) is 3.76. The number of halogens is 4. The minimum absolute atomic E-state index is 0. The van der Waals surface area contributed by atoms with Gasteiger partial charge in [0.2, 0.25) is 0 Å². The summed E-state index contributed by atoms with van der Waals surface area (Å²) in [5, 5.41) is 7.04. The molecule has 0 aliphatic carbocycles. The lowest BCUT2D eigenvalue weighted by Gasteiger charge is -2.18. The summed E-state index contributed by atoms with van der Waals surface area (Å²) in [5.74, 6) is 0.161. The maximum Gasteiger partial charge on any atom is 0.401 e. The van der Waals surface area contributed by atoms with Crippen molar-refractivity contribution in [2.75, 3.05) is 39.8 Å². The number of alkyl halides is 3. The standard InChI is InChI=1S/C18H30F3N5O2S.HI/c1-6-22-17(23-9-8-10-26(5)11-18(19,20)21)25-13(4)15-24-12(3)14(29-15)16(27)28-7-2;/h13H,6-11H2,1-5H3,(H2,22,23,25);1H. The van der Waals surface area contributed by atoms with E-state index in [9.17, 15) is 18.0 Å². The first kappa shape index (κ1) is 28.9. The molecule has 1 unspecified atom stereocenters. The molecular weight excluding hydrogens is 534 g/mol. The van der Waals surface area contributed by atoms with Gasteiger partial charge in [-0.15, -0.1) is 35.3 Å². The molecule has 1 atom stereocenters. The van der Waals surface area contributed by atoms with Crippen LogP contribution in [0.3, 0.4) is 0 Å². The SMILES string of the molecule is CCNC(=NCCCN(C)CC(F)(F)F)NC(C)c1nc(C)c(C(=O)OCC)s1.I. The molecule has 12 heteroatoms. The maximum atomic E-state index is 12.3. The minimum atomic E-state index is -4.20. The van der Waals surface area contributed by atoms with Gasteiger partial charge in [0.25, 0.3) is 0 Å². The van der Waals surface area contributed by atoms with Gasteiger partial charge in [-0.1, -0.05) is 0 Å². The number of nitrogens with one attached hydrogen (secondary N) is 2. The van der Waals surface area contributed by atoms with Gasteiger partial charge in [0.05, 0.1) is 24.9 Å². The third kappa shape index (κ3) is 10.8. The van der Waals surface area contributed by atoms with E-state index in [1.54, 1.807) is 13.8 Å². The third-order valence-corrected chi connectivity index (χ3v) is 5.08. The summed E-state index contributed by atoms with van der Waals surface area (Å²) in [6, 6.07) is -0.201. The van der Waals surface area contributed by atoms with Crippen molar-refractivity contribution in [2.24, 2.45) is 4.99 Å². The lowest BCUT2D eigenvalue weighted by molar-refractivity contribution is -0.143. The molecule has 0 saturated carbocycles. The number of nitrogens with zero attached hydrogens (tertiary/aromatic N) is 3. The average Bonchev–Trinajstić information content (AvgIpc) is 2.99. The second kappa shape index (κ2) is 14.0. The summed E-state index contributed by atoms with van der Waals surface area (Å²) in [7, 11) is 1.44. The number of hydrogen-bond acceptors (Lipinski definition) is 6.